The molecule has 6 heteroatoms. The SMILES string of the molecule is CCCCc1cc(C)c(-c2cc3cnc(NC=O)cc3n3ccnc23)cn1. The van der Waals surface area contributed by atoms with Crippen molar-refractivity contribution < 1.29 is 4.79 Å². The second kappa shape index (κ2) is 7.15. The molecule has 0 radical (unpaired) electrons. The summed E-state index contributed by atoms with van der Waals surface area (Å²) in [5, 5.41) is 3.57. The van der Waals surface area contributed by atoms with Gasteiger partial charge in [0.25, 0.3) is 0 Å². The van der Waals surface area contributed by atoms with Crippen LogP contribution in [0.2, 0.25) is 0 Å². The zero-order chi connectivity index (χ0) is 18.8. The molecular weight excluding hydrogens is 338 g/mol. The molecule has 0 atom stereocenters. The number of unbranched alkanes of at least 4 members (excludes halogenated alkanes) is 1. The van der Waals surface area contributed by atoms with E-state index in [-0.39, 0.29) is 0 Å². The third-order valence-electron chi connectivity index (χ3n) is 4.80. The predicted octanol–water partition coefficient (Wildman–Crippen LogP) is 4.16. The molecular formula is C21H21N5O. The van der Waals surface area contributed by atoms with Gasteiger partial charge in [-0.25, -0.2) is 9.97 Å². The number of hydrogen-bond acceptors (Lipinski definition) is 4. The molecule has 4 aromatic rings. The Morgan fingerprint density at radius 1 is 1.11 bits per heavy atom. The number of pyridine rings is 3. The van der Waals surface area contributed by atoms with Gasteiger partial charge in [-0.1, -0.05) is 13.3 Å². The van der Waals surface area contributed by atoms with Crippen molar-refractivity contribution in [2.24, 2.45) is 0 Å². The molecule has 0 aliphatic carbocycles. The zero-order valence-electron chi connectivity index (χ0n) is 15.4. The first-order chi connectivity index (χ1) is 13.2. The largest absolute Gasteiger partial charge is 0.313 e. The van der Waals surface area contributed by atoms with Gasteiger partial charge in [0.15, 0.2) is 0 Å². The van der Waals surface area contributed by atoms with Crippen LogP contribution in [0.15, 0.2) is 43.0 Å². The minimum atomic E-state index is 0.512. The fraction of sp³-hybridized carbons (Fsp3) is 0.238. The molecule has 0 unspecified atom stereocenters. The smallest absolute Gasteiger partial charge is 0.212 e. The maximum atomic E-state index is 10.7. The van der Waals surface area contributed by atoms with Crippen molar-refractivity contribution in [3.8, 4) is 11.1 Å². The van der Waals surface area contributed by atoms with Crippen molar-refractivity contribution in [3.63, 3.8) is 0 Å². The summed E-state index contributed by atoms with van der Waals surface area (Å²) in [6, 6.07) is 6.11. The van der Waals surface area contributed by atoms with Crippen molar-refractivity contribution in [2.45, 2.75) is 33.1 Å². The normalized spacial score (nSPS) is 11.2. The summed E-state index contributed by atoms with van der Waals surface area (Å²) >= 11 is 0. The highest BCUT2D eigenvalue weighted by Crippen LogP contribution is 2.31. The standard InChI is InChI=1S/C21H21N5O/c1-3-4-5-16-8-14(2)18(12-23-16)17-9-15-11-24-20(25-13-27)10-19(15)26-7-6-22-21(17)26/h6-13H,3-5H2,1-2H3,(H,24,25,27). The predicted molar refractivity (Wildman–Crippen MR) is 107 cm³/mol. The molecule has 4 heterocycles. The lowest BCUT2D eigenvalue weighted by Gasteiger charge is -2.12. The van der Waals surface area contributed by atoms with Crippen LogP contribution in [0.25, 0.3) is 27.7 Å². The van der Waals surface area contributed by atoms with E-state index in [0.29, 0.717) is 12.2 Å². The van der Waals surface area contributed by atoms with E-state index in [2.05, 4.69) is 46.2 Å². The van der Waals surface area contributed by atoms with Crippen LogP contribution in [0, 0.1) is 6.92 Å². The van der Waals surface area contributed by atoms with E-state index in [9.17, 15) is 4.79 Å². The Balaban J connectivity index is 1.87. The number of imidazole rings is 1. The number of carbonyl (C=O) groups is 1. The number of aryl methyl sites for hydroxylation is 2. The number of nitrogens with zero attached hydrogens (tertiary/aromatic N) is 4. The molecule has 1 N–H and O–H groups in total. The van der Waals surface area contributed by atoms with Crippen LogP contribution < -0.4 is 5.32 Å². The molecule has 0 aliphatic heterocycles. The lowest BCUT2D eigenvalue weighted by molar-refractivity contribution is -0.105. The van der Waals surface area contributed by atoms with Crippen LogP contribution in [-0.4, -0.2) is 25.8 Å². The molecule has 0 bridgehead atoms. The highest BCUT2D eigenvalue weighted by molar-refractivity contribution is 5.93. The second-order valence-corrected chi connectivity index (χ2v) is 6.66. The zero-order valence-corrected chi connectivity index (χ0v) is 15.4. The lowest BCUT2D eigenvalue weighted by atomic mass is 10.0. The van der Waals surface area contributed by atoms with Gasteiger partial charge in [-0.15, -0.1) is 0 Å². The molecule has 0 spiro atoms. The summed E-state index contributed by atoms with van der Waals surface area (Å²) in [6.45, 7) is 4.31. The quantitative estimate of drug-likeness (QED) is 0.525. The molecule has 136 valence electrons. The summed E-state index contributed by atoms with van der Waals surface area (Å²) in [5.41, 5.74) is 6.21. The molecule has 0 fully saturated rings. The third-order valence-corrected chi connectivity index (χ3v) is 4.80. The fourth-order valence-electron chi connectivity index (χ4n) is 3.42. The molecule has 0 saturated heterocycles. The first-order valence-electron chi connectivity index (χ1n) is 9.13. The number of amides is 1. The Labute approximate surface area is 157 Å². The van der Waals surface area contributed by atoms with Crippen molar-refractivity contribution >= 4 is 28.8 Å². The molecule has 27 heavy (non-hydrogen) atoms. The van der Waals surface area contributed by atoms with Gasteiger partial charge in [0.2, 0.25) is 6.41 Å². The van der Waals surface area contributed by atoms with E-state index in [4.69, 9.17) is 0 Å². The van der Waals surface area contributed by atoms with Crippen molar-refractivity contribution in [2.75, 3.05) is 5.32 Å². The topological polar surface area (TPSA) is 72.2 Å². The van der Waals surface area contributed by atoms with E-state index in [0.717, 1.165) is 52.6 Å². The van der Waals surface area contributed by atoms with Gasteiger partial charge in [-0.3, -0.25) is 14.2 Å². The fourth-order valence-corrected chi connectivity index (χ4v) is 3.42. The highest BCUT2D eigenvalue weighted by atomic mass is 16.1. The Morgan fingerprint density at radius 3 is 2.78 bits per heavy atom. The number of fused-ring (bicyclic) bond motifs is 3. The summed E-state index contributed by atoms with van der Waals surface area (Å²) < 4.78 is 2.02. The summed E-state index contributed by atoms with van der Waals surface area (Å²) in [4.78, 5) is 24.2. The van der Waals surface area contributed by atoms with Crippen LogP contribution in [0.1, 0.15) is 31.0 Å². The number of aromatic nitrogens is 4. The van der Waals surface area contributed by atoms with Crippen LogP contribution in [0.5, 0.6) is 0 Å². The van der Waals surface area contributed by atoms with Gasteiger partial charge in [0.05, 0.1) is 5.52 Å². The number of carbonyl (C=O) groups excluding carboxylic acids is 1. The van der Waals surface area contributed by atoms with Crippen LogP contribution in [0.3, 0.4) is 0 Å². The number of anilines is 1. The first-order valence-corrected chi connectivity index (χ1v) is 9.13. The summed E-state index contributed by atoms with van der Waals surface area (Å²) in [5.74, 6) is 0.512. The molecule has 0 aliphatic rings. The van der Waals surface area contributed by atoms with Crippen LogP contribution >= 0.6 is 0 Å². The Bertz CT molecular complexity index is 1130. The van der Waals surface area contributed by atoms with Crippen molar-refractivity contribution in [1.82, 2.24) is 19.4 Å². The average Bonchev–Trinajstić information content (AvgIpc) is 3.17. The van der Waals surface area contributed by atoms with Crippen molar-refractivity contribution in [3.05, 3.63) is 54.2 Å². The summed E-state index contributed by atoms with van der Waals surface area (Å²) in [6.07, 6.45) is 11.4. The van der Waals surface area contributed by atoms with Gasteiger partial charge >= 0.3 is 0 Å². The minimum Gasteiger partial charge on any atom is -0.313 e. The van der Waals surface area contributed by atoms with Gasteiger partial charge in [-0.05, 0) is 37.5 Å². The first kappa shape index (κ1) is 17.1. The van der Waals surface area contributed by atoms with E-state index in [1.807, 2.05) is 22.9 Å². The van der Waals surface area contributed by atoms with Gasteiger partial charge in [0, 0.05) is 53.1 Å². The number of nitrogens with one attached hydrogen (secondary N) is 1. The number of rotatable bonds is 6. The molecule has 4 aromatic heterocycles. The monoisotopic (exact) mass is 359 g/mol. The molecule has 6 nitrogen and oxygen atoms in total. The van der Waals surface area contributed by atoms with E-state index in [1.54, 1.807) is 12.4 Å². The van der Waals surface area contributed by atoms with Crippen LogP contribution in [0.4, 0.5) is 5.82 Å². The minimum absolute atomic E-state index is 0.512. The molecule has 0 saturated carbocycles. The Hall–Kier alpha value is -3.28. The van der Waals surface area contributed by atoms with E-state index >= 15 is 0 Å². The third kappa shape index (κ3) is 3.14. The Kier molecular flexibility index (Phi) is 4.54. The lowest BCUT2D eigenvalue weighted by Crippen LogP contribution is -1.99. The molecule has 0 aromatic carbocycles. The van der Waals surface area contributed by atoms with Crippen LogP contribution in [-0.2, 0) is 11.2 Å². The van der Waals surface area contributed by atoms with Gasteiger partial charge in [-0.2, -0.15) is 0 Å². The average molecular weight is 359 g/mol. The summed E-state index contributed by atoms with van der Waals surface area (Å²) in [7, 11) is 0. The Morgan fingerprint density at radius 2 is 2.00 bits per heavy atom. The van der Waals surface area contributed by atoms with E-state index in [1.165, 1.54) is 5.56 Å². The highest BCUT2D eigenvalue weighted by Gasteiger charge is 2.13. The maximum Gasteiger partial charge on any atom is 0.212 e. The van der Waals surface area contributed by atoms with Gasteiger partial charge in [0.1, 0.15) is 11.5 Å². The number of hydrogen-bond donors (Lipinski definition) is 1. The maximum absolute atomic E-state index is 10.7. The van der Waals surface area contributed by atoms with Crippen molar-refractivity contribution in [1.29, 1.82) is 0 Å². The molecule has 4 rings (SSSR count). The second-order valence-electron chi connectivity index (χ2n) is 6.66. The van der Waals surface area contributed by atoms with E-state index < -0.39 is 0 Å². The molecule has 1 amide bonds. The van der Waals surface area contributed by atoms with Gasteiger partial charge < -0.3 is 5.32 Å².